The molecule has 0 aliphatic heterocycles. The number of imidazole rings is 1. The number of carbonyl (C=O) groups is 1. The lowest BCUT2D eigenvalue weighted by Gasteiger charge is -1.99. The number of nitrogens with zero attached hydrogens (tertiary/aromatic N) is 2. The summed E-state index contributed by atoms with van der Waals surface area (Å²) in [6.07, 6.45) is 2.27. The fraction of sp³-hybridized carbons (Fsp3) is 0.0769. The molecule has 0 bridgehead atoms. The quantitative estimate of drug-likeness (QED) is 0.631. The number of hydrogen-bond donors (Lipinski definition) is 0. The van der Waals surface area contributed by atoms with Gasteiger partial charge in [-0.25, -0.2) is 4.98 Å². The van der Waals surface area contributed by atoms with E-state index in [0.717, 1.165) is 17.3 Å². The van der Waals surface area contributed by atoms with Crippen molar-refractivity contribution in [2.24, 2.45) is 7.05 Å². The third kappa shape index (κ3) is 1.38. The summed E-state index contributed by atoms with van der Waals surface area (Å²) < 4.78 is 7.26. The second kappa shape index (κ2) is 3.59. The number of fused-ring (bicyclic) bond motifs is 1. The van der Waals surface area contributed by atoms with Gasteiger partial charge >= 0.3 is 0 Å². The average Bonchev–Trinajstić information content (AvgIpc) is 2.94. The van der Waals surface area contributed by atoms with E-state index in [1.807, 2.05) is 35.9 Å². The van der Waals surface area contributed by atoms with Crippen LogP contribution in [0.2, 0.25) is 0 Å². The average molecular weight is 226 g/mol. The summed E-state index contributed by atoms with van der Waals surface area (Å²) in [4.78, 5) is 15.4. The van der Waals surface area contributed by atoms with Gasteiger partial charge in [-0.05, 0) is 18.2 Å². The molecule has 17 heavy (non-hydrogen) atoms. The van der Waals surface area contributed by atoms with Crippen LogP contribution in [0.5, 0.6) is 0 Å². The monoisotopic (exact) mass is 226 g/mol. The predicted octanol–water partition coefficient (Wildman–Crippen LogP) is 2.65. The van der Waals surface area contributed by atoms with Crippen LogP contribution in [-0.4, -0.2) is 15.8 Å². The maximum Gasteiger partial charge on any atom is 0.179 e. The summed E-state index contributed by atoms with van der Waals surface area (Å²) in [6.45, 7) is 0. The molecule has 1 aromatic carbocycles. The Morgan fingerprint density at radius 1 is 1.29 bits per heavy atom. The van der Waals surface area contributed by atoms with Gasteiger partial charge in [0.2, 0.25) is 0 Å². The van der Waals surface area contributed by atoms with Crippen molar-refractivity contribution >= 4 is 17.3 Å². The van der Waals surface area contributed by atoms with Crippen molar-refractivity contribution < 1.29 is 9.21 Å². The number of benzene rings is 1. The van der Waals surface area contributed by atoms with Gasteiger partial charge in [0.1, 0.15) is 0 Å². The number of rotatable bonds is 2. The van der Waals surface area contributed by atoms with E-state index in [0.29, 0.717) is 17.1 Å². The molecule has 0 aliphatic rings. The Hall–Kier alpha value is -2.36. The Labute approximate surface area is 97.5 Å². The smallest absolute Gasteiger partial charge is 0.179 e. The second-order valence-corrected chi connectivity index (χ2v) is 3.81. The third-order valence-corrected chi connectivity index (χ3v) is 2.81. The van der Waals surface area contributed by atoms with Crippen LogP contribution in [0.25, 0.3) is 22.6 Å². The molecular formula is C13H10N2O2. The molecular weight excluding hydrogens is 216 g/mol. The summed E-state index contributed by atoms with van der Waals surface area (Å²) in [5, 5.41) is 0. The van der Waals surface area contributed by atoms with Crippen LogP contribution in [0, 0.1) is 0 Å². The number of aldehydes is 1. The standard InChI is InChI=1S/C13H10N2O2/c1-15-11-5-3-2-4-10(11)14-13(15)12-9(8-16)6-7-17-12/h2-8H,1H3. The van der Waals surface area contributed by atoms with E-state index in [1.165, 1.54) is 6.26 Å². The van der Waals surface area contributed by atoms with E-state index in [1.54, 1.807) is 6.07 Å². The SMILES string of the molecule is Cn1c(-c2occc2C=O)nc2ccccc21. The van der Waals surface area contributed by atoms with E-state index in [9.17, 15) is 4.79 Å². The Bertz CT molecular complexity index is 694. The van der Waals surface area contributed by atoms with E-state index in [2.05, 4.69) is 4.98 Å². The molecule has 3 rings (SSSR count). The van der Waals surface area contributed by atoms with Crippen molar-refractivity contribution in [2.75, 3.05) is 0 Å². The summed E-state index contributed by atoms with van der Waals surface area (Å²) in [5.74, 6) is 1.18. The Morgan fingerprint density at radius 2 is 2.12 bits per heavy atom. The van der Waals surface area contributed by atoms with Gasteiger partial charge in [-0.3, -0.25) is 4.79 Å². The Morgan fingerprint density at radius 3 is 2.88 bits per heavy atom. The van der Waals surface area contributed by atoms with Crippen molar-refractivity contribution in [3.05, 3.63) is 42.2 Å². The van der Waals surface area contributed by atoms with Gasteiger partial charge < -0.3 is 8.98 Å². The van der Waals surface area contributed by atoms with Gasteiger partial charge in [0.15, 0.2) is 17.9 Å². The molecule has 0 amide bonds. The predicted molar refractivity (Wildman–Crippen MR) is 63.8 cm³/mol. The molecule has 0 radical (unpaired) electrons. The minimum absolute atomic E-state index is 0.513. The largest absolute Gasteiger partial charge is 0.460 e. The number of hydrogen-bond acceptors (Lipinski definition) is 3. The first-order chi connectivity index (χ1) is 8.31. The Balaban J connectivity index is 2.31. The van der Waals surface area contributed by atoms with Crippen LogP contribution < -0.4 is 0 Å². The van der Waals surface area contributed by atoms with Crippen LogP contribution in [0.4, 0.5) is 0 Å². The fourth-order valence-corrected chi connectivity index (χ4v) is 1.94. The molecule has 0 saturated heterocycles. The molecule has 0 atom stereocenters. The van der Waals surface area contributed by atoms with Gasteiger partial charge in [-0.2, -0.15) is 0 Å². The second-order valence-electron chi connectivity index (χ2n) is 3.81. The highest BCUT2D eigenvalue weighted by Crippen LogP contribution is 2.26. The normalized spacial score (nSPS) is 10.9. The van der Waals surface area contributed by atoms with Crippen LogP contribution in [-0.2, 0) is 7.05 Å². The lowest BCUT2D eigenvalue weighted by molar-refractivity contribution is 0.112. The lowest BCUT2D eigenvalue weighted by Crippen LogP contribution is -1.93. The summed E-state index contributed by atoms with van der Waals surface area (Å²) in [6, 6.07) is 9.44. The van der Waals surface area contributed by atoms with E-state index in [-0.39, 0.29) is 0 Å². The molecule has 0 fully saturated rings. The molecule has 0 unspecified atom stereocenters. The zero-order valence-corrected chi connectivity index (χ0v) is 9.25. The number of aromatic nitrogens is 2. The molecule has 0 saturated carbocycles. The molecule has 84 valence electrons. The van der Waals surface area contributed by atoms with Crippen molar-refractivity contribution in [1.82, 2.24) is 9.55 Å². The molecule has 0 aliphatic carbocycles. The van der Waals surface area contributed by atoms with Crippen molar-refractivity contribution in [3.8, 4) is 11.6 Å². The van der Waals surface area contributed by atoms with E-state index in [4.69, 9.17) is 4.42 Å². The lowest BCUT2D eigenvalue weighted by atomic mass is 10.2. The minimum atomic E-state index is 0.513. The summed E-state index contributed by atoms with van der Waals surface area (Å²) >= 11 is 0. The first-order valence-corrected chi connectivity index (χ1v) is 5.26. The molecule has 2 aromatic heterocycles. The number of carbonyl (C=O) groups excluding carboxylic acids is 1. The first kappa shape index (κ1) is 9.84. The van der Waals surface area contributed by atoms with Crippen LogP contribution in [0.3, 0.4) is 0 Å². The third-order valence-electron chi connectivity index (χ3n) is 2.81. The Kier molecular flexibility index (Phi) is 2.08. The van der Waals surface area contributed by atoms with Crippen molar-refractivity contribution in [3.63, 3.8) is 0 Å². The van der Waals surface area contributed by atoms with Crippen molar-refractivity contribution in [1.29, 1.82) is 0 Å². The van der Waals surface area contributed by atoms with Crippen molar-refractivity contribution in [2.45, 2.75) is 0 Å². The van der Waals surface area contributed by atoms with Crippen LogP contribution >= 0.6 is 0 Å². The zero-order chi connectivity index (χ0) is 11.8. The van der Waals surface area contributed by atoms with Crippen LogP contribution in [0.1, 0.15) is 10.4 Å². The molecule has 0 spiro atoms. The highest BCUT2D eigenvalue weighted by atomic mass is 16.3. The zero-order valence-electron chi connectivity index (χ0n) is 9.25. The molecule has 2 heterocycles. The first-order valence-electron chi connectivity index (χ1n) is 5.26. The molecule has 3 aromatic rings. The minimum Gasteiger partial charge on any atom is -0.460 e. The number of aryl methyl sites for hydroxylation is 1. The topological polar surface area (TPSA) is 48.0 Å². The van der Waals surface area contributed by atoms with E-state index < -0.39 is 0 Å². The van der Waals surface area contributed by atoms with Gasteiger partial charge in [-0.1, -0.05) is 12.1 Å². The maximum atomic E-state index is 10.9. The highest BCUT2D eigenvalue weighted by Gasteiger charge is 2.15. The number of para-hydroxylation sites is 2. The van der Waals surface area contributed by atoms with Gasteiger partial charge in [-0.15, -0.1) is 0 Å². The highest BCUT2D eigenvalue weighted by molar-refractivity contribution is 5.86. The maximum absolute atomic E-state index is 10.9. The number of furan rings is 1. The van der Waals surface area contributed by atoms with Gasteiger partial charge in [0.25, 0.3) is 0 Å². The molecule has 0 N–H and O–H groups in total. The van der Waals surface area contributed by atoms with Gasteiger partial charge in [0.05, 0.1) is 22.9 Å². The van der Waals surface area contributed by atoms with Crippen LogP contribution in [0.15, 0.2) is 41.0 Å². The summed E-state index contributed by atoms with van der Waals surface area (Å²) in [5.41, 5.74) is 2.41. The fourth-order valence-electron chi connectivity index (χ4n) is 1.94. The van der Waals surface area contributed by atoms with E-state index >= 15 is 0 Å². The summed E-state index contributed by atoms with van der Waals surface area (Å²) in [7, 11) is 1.90. The van der Waals surface area contributed by atoms with Gasteiger partial charge in [0, 0.05) is 7.05 Å². The molecule has 4 nitrogen and oxygen atoms in total. The molecule has 4 heteroatoms.